The lowest BCUT2D eigenvalue weighted by atomic mass is 9.99. The number of benzene rings is 1. The zero-order chi connectivity index (χ0) is 27.5. The van der Waals surface area contributed by atoms with Crippen molar-refractivity contribution in [2.24, 2.45) is 0 Å². The summed E-state index contributed by atoms with van der Waals surface area (Å²) in [6.07, 6.45) is -6.68. The van der Waals surface area contributed by atoms with Crippen LogP contribution < -0.4 is 4.90 Å². The number of ether oxygens (including phenoxy) is 3. The summed E-state index contributed by atoms with van der Waals surface area (Å²) in [5.41, 5.74) is 0.945. The number of esters is 2. The van der Waals surface area contributed by atoms with Gasteiger partial charge >= 0.3 is 11.9 Å². The smallest absolute Gasteiger partial charge is 0.338 e. The van der Waals surface area contributed by atoms with Gasteiger partial charge in [-0.25, -0.2) is 4.79 Å². The molecule has 37 heavy (non-hydrogen) atoms. The fraction of sp³-hybridized carbons (Fsp3) is 0.640. The highest BCUT2D eigenvalue weighted by atomic mass is 16.6. The van der Waals surface area contributed by atoms with E-state index in [9.17, 15) is 34.8 Å². The number of carbonyl (C=O) groups is 3. The van der Waals surface area contributed by atoms with Gasteiger partial charge in [0, 0.05) is 25.2 Å². The van der Waals surface area contributed by atoms with Gasteiger partial charge in [-0.2, -0.15) is 0 Å². The van der Waals surface area contributed by atoms with Crippen molar-refractivity contribution in [1.82, 2.24) is 4.90 Å². The van der Waals surface area contributed by atoms with E-state index in [1.54, 1.807) is 29.2 Å². The summed E-state index contributed by atoms with van der Waals surface area (Å²) in [5.74, 6) is -1.50. The number of carbonyl (C=O) groups excluding carboxylic acids is 3. The third-order valence-electron chi connectivity index (χ3n) is 5.86. The number of hydrogen-bond acceptors (Lipinski definition) is 11. The number of likely N-dealkylation sites (N-methyl/N-ethyl adjacent to an activating group) is 1. The lowest BCUT2D eigenvalue weighted by Gasteiger charge is -2.37. The van der Waals surface area contributed by atoms with Gasteiger partial charge in [-0.1, -0.05) is 13.3 Å². The SMILES string of the molecule is CCCCN(C(=O)CCC(=O)OC[C@@H]1OC(O)[C@H](O)[C@H](O)[C@H]1O)c1ccc(C(=O)OCCN(C)C)cc1. The van der Waals surface area contributed by atoms with Gasteiger partial charge in [-0.3, -0.25) is 9.59 Å². The van der Waals surface area contributed by atoms with Crippen molar-refractivity contribution in [3.05, 3.63) is 29.8 Å². The predicted molar refractivity (Wildman–Crippen MR) is 132 cm³/mol. The Morgan fingerprint density at radius 2 is 1.59 bits per heavy atom. The molecule has 0 spiro atoms. The first-order chi connectivity index (χ1) is 17.5. The second-order valence-electron chi connectivity index (χ2n) is 9.10. The minimum absolute atomic E-state index is 0.144. The standard InChI is InChI=1S/C25H38N2O10/c1-4-5-12-27(17-8-6-16(7-9-17)24(33)35-14-13-26(2)3)19(28)10-11-20(29)36-15-18-21(30)22(31)23(32)25(34)37-18/h6-9,18,21-23,25,30-32,34H,4-5,10-15H2,1-3H3/t18-,21-,22+,23+,25?/m0/s1. The van der Waals surface area contributed by atoms with E-state index < -0.39 is 49.3 Å². The molecule has 2 rings (SSSR count). The van der Waals surface area contributed by atoms with Crippen LogP contribution in [0.2, 0.25) is 0 Å². The van der Waals surface area contributed by atoms with Crippen LogP contribution in [0.25, 0.3) is 0 Å². The minimum Gasteiger partial charge on any atom is -0.463 e. The summed E-state index contributed by atoms with van der Waals surface area (Å²) in [6, 6.07) is 6.48. The van der Waals surface area contributed by atoms with Crippen molar-refractivity contribution in [2.45, 2.75) is 63.3 Å². The van der Waals surface area contributed by atoms with Crippen molar-refractivity contribution in [3.63, 3.8) is 0 Å². The number of nitrogens with zero attached hydrogens (tertiary/aromatic N) is 2. The highest BCUT2D eigenvalue weighted by Gasteiger charge is 2.43. The Morgan fingerprint density at radius 1 is 0.919 bits per heavy atom. The van der Waals surface area contributed by atoms with Crippen LogP contribution >= 0.6 is 0 Å². The fourth-order valence-corrected chi connectivity index (χ4v) is 3.56. The van der Waals surface area contributed by atoms with E-state index in [0.29, 0.717) is 24.3 Å². The van der Waals surface area contributed by atoms with Crippen LogP contribution in [0.15, 0.2) is 24.3 Å². The van der Waals surface area contributed by atoms with Crippen LogP contribution in [0.5, 0.6) is 0 Å². The molecule has 12 heteroatoms. The van der Waals surface area contributed by atoms with E-state index in [2.05, 4.69) is 0 Å². The normalized spacial score (nSPS) is 23.5. The van der Waals surface area contributed by atoms with E-state index in [0.717, 1.165) is 12.8 Å². The van der Waals surface area contributed by atoms with Crippen LogP contribution in [-0.2, 0) is 23.8 Å². The van der Waals surface area contributed by atoms with Crippen LogP contribution in [0.1, 0.15) is 43.0 Å². The first-order valence-electron chi connectivity index (χ1n) is 12.3. The van der Waals surface area contributed by atoms with E-state index in [4.69, 9.17) is 14.2 Å². The Bertz CT molecular complexity index is 879. The third-order valence-corrected chi connectivity index (χ3v) is 5.86. The van der Waals surface area contributed by atoms with Crippen molar-refractivity contribution < 1.29 is 49.0 Å². The van der Waals surface area contributed by atoms with Gasteiger partial charge in [-0.05, 0) is 44.8 Å². The molecule has 1 amide bonds. The summed E-state index contributed by atoms with van der Waals surface area (Å²) in [5, 5.41) is 38.7. The summed E-state index contributed by atoms with van der Waals surface area (Å²) in [7, 11) is 3.75. The van der Waals surface area contributed by atoms with Crippen LogP contribution in [0, 0.1) is 0 Å². The minimum atomic E-state index is -1.73. The summed E-state index contributed by atoms with van der Waals surface area (Å²) >= 11 is 0. The van der Waals surface area contributed by atoms with Gasteiger partial charge in [0.15, 0.2) is 6.29 Å². The first kappa shape index (κ1) is 30.6. The molecule has 0 bridgehead atoms. The lowest BCUT2D eigenvalue weighted by molar-refractivity contribution is -0.287. The molecular formula is C25H38N2O10. The van der Waals surface area contributed by atoms with Crippen LogP contribution in [-0.4, -0.2) is 114 Å². The van der Waals surface area contributed by atoms with Crippen LogP contribution in [0.3, 0.4) is 0 Å². The maximum absolute atomic E-state index is 12.9. The molecule has 5 atom stereocenters. The molecule has 0 aliphatic carbocycles. The number of anilines is 1. The molecule has 1 fully saturated rings. The Morgan fingerprint density at radius 3 is 2.22 bits per heavy atom. The van der Waals surface area contributed by atoms with Crippen LogP contribution in [0.4, 0.5) is 5.69 Å². The lowest BCUT2D eigenvalue weighted by Crippen LogP contribution is -2.58. The van der Waals surface area contributed by atoms with E-state index in [1.165, 1.54) is 0 Å². The molecule has 1 aromatic carbocycles. The summed E-state index contributed by atoms with van der Waals surface area (Å²) in [4.78, 5) is 40.8. The zero-order valence-corrected chi connectivity index (χ0v) is 21.5. The Labute approximate surface area is 216 Å². The molecule has 1 heterocycles. The number of rotatable bonds is 13. The van der Waals surface area contributed by atoms with Gasteiger partial charge in [-0.15, -0.1) is 0 Å². The second kappa shape index (κ2) is 15.0. The zero-order valence-electron chi connectivity index (χ0n) is 21.5. The Balaban J connectivity index is 1.90. The molecule has 1 aliphatic rings. The average molecular weight is 527 g/mol. The monoisotopic (exact) mass is 526 g/mol. The predicted octanol–water partition coefficient (Wildman–Crippen LogP) is -0.339. The van der Waals surface area contributed by atoms with Gasteiger partial charge in [0.1, 0.15) is 37.6 Å². The molecule has 0 aromatic heterocycles. The Hall–Kier alpha value is -2.61. The molecule has 12 nitrogen and oxygen atoms in total. The van der Waals surface area contributed by atoms with Gasteiger partial charge in [0.2, 0.25) is 5.91 Å². The molecule has 208 valence electrons. The molecule has 1 aliphatic heterocycles. The molecular weight excluding hydrogens is 488 g/mol. The number of amides is 1. The molecule has 0 radical (unpaired) electrons. The highest BCUT2D eigenvalue weighted by molar-refractivity contribution is 5.96. The van der Waals surface area contributed by atoms with Gasteiger partial charge in [0.25, 0.3) is 0 Å². The molecule has 0 saturated carbocycles. The quantitative estimate of drug-likeness (QED) is 0.248. The van der Waals surface area contributed by atoms with Crippen molar-refractivity contribution in [2.75, 3.05) is 45.3 Å². The van der Waals surface area contributed by atoms with E-state index >= 15 is 0 Å². The Kier molecular flexibility index (Phi) is 12.4. The van der Waals surface area contributed by atoms with Crippen molar-refractivity contribution >= 4 is 23.5 Å². The molecule has 1 saturated heterocycles. The van der Waals surface area contributed by atoms with E-state index in [-0.39, 0.29) is 25.4 Å². The highest BCUT2D eigenvalue weighted by Crippen LogP contribution is 2.21. The van der Waals surface area contributed by atoms with Crippen molar-refractivity contribution in [3.8, 4) is 0 Å². The number of aliphatic hydroxyl groups is 4. The maximum Gasteiger partial charge on any atom is 0.338 e. The molecule has 1 unspecified atom stereocenters. The summed E-state index contributed by atoms with van der Waals surface area (Å²) in [6.45, 7) is 2.81. The topological polar surface area (TPSA) is 166 Å². The van der Waals surface area contributed by atoms with Crippen molar-refractivity contribution in [1.29, 1.82) is 0 Å². The summed E-state index contributed by atoms with van der Waals surface area (Å²) < 4.78 is 15.2. The number of unbranched alkanes of at least 4 members (excludes halogenated alkanes) is 1. The largest absolute Gasteiger partial charge is 0.463 e. The number of aliphatic hydroxyl groups excluding tert-OH is 4. The molecule has 4 N–H and O–H groups in total. The fourth-order valence-electron chi connectivity index (χ4n) is 3.56. The van der Waals surface area contributed by atoms with Gasteiger partial charge in [0.05, 0.1) is 12.0 Å². The maximum atomic E-state index is 12.9. The second-order valence-corrected chi connectivity index (χ2v) is 9.10. The van der Waals surface area contributed by atoms with E-state index in [1.807, 2.05) is 25.9 Å². The average Bonchev–Trinajstić information content (AvgIpc) is 2.87. The number of hydrogen-bond donors (Lipinski definition) is 4. The first-order valence-corrected chi connectivity index (χ1v) is 12.3. The third kappa shape index (κ3) is 9.33. The molecule has 1 aromatic rings. The van der Waals surface area contributed by atoms with Gasteiger partial charge < -0.3 is 44.4 Å².